The van der Waals surface area contributed by atoms with Crippen LogP contribution in [0.2, 0.25) is 0 Å². The summed E-state index contributed by atoms with van der Waals surface area (Å²) in [6.45, 7) is 7.29. The number of nitrogens with one attached hydrogen (secondary N) is 2. The number of ether oxygens (including phenoxy) is 9. The number of carbonyl (C=O) groups is 5. The van der Waals surface area contributed by atoms with Gasteiger partial charge in [-0.05, 0) is 43.5 Å². The van der Waals surface area contributed by atoms with E-state index in [1.807, 2.05) is 0 Å². The molecule has 0 spiro atoms. The molecule has 64 heavy (non-hydrogen) atoms. The summed E-state index contributed by atoms with van der Waals surface area (Å²) in [5, 5.41) is 4.90. The Morgan fingerprint density at radius 3 is 1.56 bits per heavy atom. The number of fused-ring (bicyclic) bond motifs is 1. The Morgan fingerprint density at radius 2 is 1.06 bits per heavy atom. The van der Waals surface area contributed by atoms with Crippen molar-refractivity contribution in [3.05, 3.63) is 59.7 Å². The number of hydrogen-bond donors (Lipinski definition) is 2. The van der Waals surface area contributed by atoms with E-state index in [4.69, 9.17) is 46.8 Å². The molecule has 1 unspecified atom stereocenters. The fourth-order valence-electron chi connectivity index (χ4n) is 6.22. The van der Waals surface area contributed by atoms with Crippen LogP contribution in [0.1, 0.15) is 59.2 Å². The van der Waals surface area contributed by atoms with Crippen molar-refractivity contribution >= 4 is 45.3 Å². The second-order valence-corrected chi connectivity index (χ2v) is 15.8. The number of benzene rings is 2. The van der Waals surface area contributed by atoms with E-state index in [2.05, 4.69) is 10.6 Å². The fourth-order valence-corrected chi connectivity index (χ4v) is 7.13. The molecule has 2 aromatic carbocycles. The minimum Gasteiger partial charge on any atom is -0.379 e. The van der Waals surface area contributed by atoms with Crippen molar-refractivity contribution in [3.63, 3.8) is 0 Å². The van der Waals surface area contributed by atoms with E-state index in [-0.39, 0.29) is 60.1 Å². The monoisotopic (exact) mass is 923 g/mol. The average molecular weight is 924 g/mol. The molecule has 21 heteroatoms. The molecule has 2 aromatic rings. The highest BCUT2D eigenvalue weighted by molar-refractivity contribution is 7.86. The molecule has 356 valence electrons. The molecule has 2 aliphatic rings. The number of rotatable bonds is 37. The first-order valence-electron chi connectivity index (χ1n) is 21.5. The Morgan fingerprint density at radius 1 is 0.578 bits per heavy atom. The number of anilines is 1. The molecule has 4 rings (SSSR count). The first-order chi connectivity index (χ1) is 31.2. The Balaban J connectivity index is 0.824. The highest BCUT2D eigenvalue weighted by atomic mass is 32.2. The fraction of sp³-hybridized carbons (Fsp3) is 0.605. The normalized spacial score (nSPS) is 15.2. The maximum absolute atomic E-state index is 13.2. The Hall–Kier alpha value is -4.26. The van der Waals surface area contributed by atoms with Gasteiger partial charge >= 0.3 is 0 Å². The predicted octanol–water partition coefficient (Wildman–Crippen LogP) is 2.14. The molecule has 1 atom stereocenters. The van der Waals surface area contributed by atoms with Crippen LogP contribution in [-0.4, -0.2) is 174 Å². The lowest BCUT2D eigenvalue weighted by Crippen LogP contribution is -2.54. The first-order valence-corrected chi connectivity index (χ1v) is 22.9. The van der Waals surface area contributed by atoms with Crippen LogP contribution in [0.15, 0.2) is 53.4 Å². The summed E-state index contributed by atoms with van der Waals surface area (Å²) in [6, 6.07) is 11.4. The predicted molar refractivity (Wildman–Crippen MR) is 227 cm³/mol. The molecule has 0 saturated carbocycles. The molecule has 0 aliphatic carbocycles. The molecule has 2 aliphatic heterocycles. The lowest BCUT2D eigenvalue weighted by atomic mass is 10.0. The quantitative estimate of drug-likeness (QED) is 0.0561. The Bertz CT molecular complexity index is 1840. The number of carbonyl (C=O) groups excluding carboxylic acids is 5. The zero-order chi connectivity index (χ0) is 45.7. The molecular weight excluding hydrogens is 863 g/mol. The van der Waals surface area contributed by atoms with Gasteiger partial charge in [0.15, 0.2) is 0 Å². The number of amides is 5. The molecular formula is C43H61N3O17S. The maximum atomic E-state index is 13.2. The number of imide groups is 2. The summed E-state index contributed by atoms with van der Waals surface area (Å²) in [7, 11) is -3.78. The minimum atomic E-state index is -3.78. The number of nitrogens with zero attached hydrogens (tertiary/aromatic N) is 1. The summed E-state index contributed by atoms with van der Waals surface area (Å²) in [5.74, 6) is -2.75. The zero-order valence-corrected chi connectivity index (χ0v) is 37.0. The lowest BCUT2D eigenvalue weighted by Gasteiger charge is -2.27. The summed E-state index contributed by atoms with van der Waals surface area (Å²) in [4.78, 5) is 63.7. The third-order valence-electron chi connectivity index (χ3n) is 9.41. The van der Waals surface area contributed by atoms with Gasteiger partial charge in [0.2, 0.25) is 17.7 Å². The van der Waals surface area contributed by atoms with Gasteiger partial charge in [0.1, 0.15) is 6.04 Å². The van der Waals surface area contributed by atoms with Crippen molar-refractivity contribution in [1.82, 2.24) is 10.2 Å². The van der Waals surface area contributed by atoms with Gasteiger partial charge in [0.05, 0.1) is 141 Å². The summed E-state index contributed by atoms with van der Waals surface area (Å²) in [6.07, 6.45) is 2.40. The standard InChI is InChI=1S/C43H61N3O17S/c47-38(44-36-11-7-10-35-40(36)43(51)46(42(35)50)37-13-14-39(48)45-41(37)49)12-5-2-6-15-54-16-17-55-18-19-56-20-21-57-22-23-58-24-25-59-26-27-60-28-29-61-30-31-62-32-33-63-64(52,53)34-8-3-1-4-9-34/h1,3-4,7-11,37H,2,5-6,12-33H2,(H,44,47)(H,45,48,49). The van der Waals surface area contributed by atoms with Crippen LogP contribution in [0.25, 0.3) is 0 Å². The van der Waals surface area contributed by atoms with E-state index in [1.54, 1.807) is 30.3 Å². The van der Waals surface area contributed by atoms with Crippen molar-refractivity contribution < 1.29 is 79.2 Å². The van der Waals surface area contributed by atoms with Gasteiger partial charge in [-0.25, -0.2) is 0 Å². The van der Waals surface area contributed by atoms with Gasteiger partial charge in [0, 0.05) is 19.4 Å². The van der Waals surface area contributed by atoms with Crippen molar-refractivity contribution in [2.75, 3.05) is 131 Å². The van der Waals surface area contributed by atoms with Crippen LogP contribution in [0.5, 0.6) is 0 Å². The average Bonchev–Trinajstić information content (AvgIpc) is 3.54. The van der Waals surface area contributed by atoms with Crippen LogP contribution in [0.3, 0.4) is 0 Å². The molecule has 5 amide bonds. The van der Waals surface area contributed by atoms with E-state index < -0.39 is 39.8 Å². The molecule has 0 bridgehead atoms. The second kappa shape index (κ2) is 30.8. The van der Waals surface area contributed by atoms with E-state index in [0.717, 1.165) is 17.7 Å². The third kappa shape index (κ3) is 19.5. The lowest BCUT2D eigenvalue weighted by molar-refractivity contribution is -0.136. The third-order valence-corrected chi connectivity index (χ3v) is 10.7. The first kappa shape index (κ1) is 52.4. The number of hydrogen-bond acceptors (Lipinski definition) is 17. The van der Waals surface area contributed by atoms with E-state index in [1.165, 1.54) is 18.2 Å². The Labute approximate surface area is 373 Å². The zero-order valence-electron chi connectivity index (χ0n) is 36.2. The van der Waals surface area contributed by atoms with Gasteiger partial charge < -0.3 is 47.9 Å². The SMILES string of the molecule is O=C1CCC(N2C(=O)c3cccc(NC(=O)CCCCCOCCOCCOCCOCCOCCOCCOCCOCCOCCOS(=O)(=O)c4ccccc4)c3C2=O)C(=O)N1. The summed E-state index contributed by atoms with van der Waals surface area (Å²) >= 11 is 0. The van der Waals surface area contributed by atoms with Crippen LogP contribution >= 0.6 is 0 Å². The topological polar surface area (TPSA) is 239 Å². The van der Waals surface area contributed by atoms with Gasteiger partial charge in [0.25, 0.3) is 21.9 Å². The van der Waals surface area contributed by atoms with Crippen molar-refractivity contribution in [3.8, 4) is 0 Å². The van der Waals surface area contributed by atoms with Crippen LogP contribution in [0, 0.1) is 0 Å². The summed E-state index contributed by atoms with van der Waals surface area (Å²) in [5.41, 5.74) is 0.362. The summed E-state index contributed by atoms with van der Waals surface area (Å²) < 4.78 is 78.2. The second-order valence-electron chi connectivity index (χ2n) is 14.1. The van der Waals surface area contributed by atoms with Crippen molar-refractivity contribution in [1.29, 1.82) is 0 Å². The molecule has 1 saturated heterocycles. The van der Waals surface area contributed by atoms with Crippen LogP contribution in [0.4, 0.5) is 5.69 Å². The number of piperidine rings is 1. The van der Waals surface area contributed by atoms with Crippen LogP contribution in [-0.2, 0) is 71.3 Å². The van der Waals surface area contributed by atoms with Crippen molar-refractivity contribution in [2.45, 2.75) is 49.5 Å². The van der Waals surface area contributed by atoms with Crippen molar-refractivity contribution in [2.24, 2.45) is 0 Å². The van der Waals surface area contributed by atoms with E-state index in [9.17, 15) is 32.4 Å². The van der Waals surface area contributed by atoms with Gasteiger partial charge in [-0.2, -0.15) is 8.42 Å². The van der Waals surface area contributed by atoms with Gasteiger partial charge in [-0.3, -0.25) is 38.4 Å². The smallest absolute Gasteiger partial charge is 0.297 e. The molecule has 0 radical (unpaired) electrons. The molecule has 1 fully saturated rings. The molecule has 2 heterocycles. The molecule has 20 nitrogen and oxygen atoms in total. The number of unbranched alkanes of at least 4 members (excludes halogenated alkanes) is 2. The van der Waals surface area contributed by atoms with E-state index >= 15 is 0 Å². The van der Waals surface area contributed by atoms with Gasteiger partial charge in [-0.1, -0.05) is 30.7 Å². The van der Waals surface area contributed by atoms with Crippen LogP contribution < -0.4 is 10.6 Å². The van der Waals surface area contributed by atoms with E-state index in [0.29, 0.717) is 119 Å². The highest BCUT2D eigenvalue weighted by Crippen LogP contribution is 2.32. The molecule has 2 N–H and O–H groups in total. The maximum Gasteiger partial charge on any atom is 0.297 e. The Kier molecular flexibility index (Phi) is 25.2. The highest BCUT2D eigenvalue weighted by Gasteiger charge is 2.45. The molecule has 0 aromatic heterocycles. The minimum absolute atomic E-state index is 0.0224. The van der Waals surface area contributed by atoms with Gasteiger partial charge in [-0.15, -0.1) is 0 Å². The largest absolute Gasteiger partial charge is 0.379 e.